The number of carbonyl (C=O) groups is 2. The number of furan rings is 1. The van der Waals surface area contributed by atoms with Crippen molar-refractivity contribution in [3.05, 3.63) is 93.7 Å². The summed E-state index contributed by atoms with van der Waals surface area (Å²) in [6.07, 6.45) is 1.65. The van der Waals surface area contributed by atoms with E-state index in [9.17, 15) is 23.3 Å². The lowest BCUT2D eigenvalue weighted by Crippen LogP contribution is -2.49. The Bertz CT molecular complexity index is 1600. The fraction of sp³-hybridized carbons (Fsp3) is 0.148. The van der Waals surface area contributed by atoms with Gasteiger partial charge in [0.15, 0.2) is 9.84 Å². The maximum absolute atomic E-state index is 13.8. The van der Waals surface area contributed by atoms with Gasteiger partial charge < -0.3 is 4.42 Å². The van der Waals surface area contributed by atoms with Crippen molar-refractivity contribution in [1.82, 2.24) is 4.90 Å². The molecule has 3 aromatic rings. The number of benzene rings is 2. The molecule has 1 fully saturated rings. The zero-order chi connectivity index (χ0) is 25.4. The molecule has 2 aromatic carbocycles. The summed E-state index contributed by atoms with van der Waals surface area (Å²) in [6, 6.07) is 20.9. The van der Waals surface area contributed by atoms with Crippen LogP contribution in [-0.4, -0.2) is 42.7 Å². The Hall–Kier alpha value is -3.74. The minimum absolute atomic E-state index is 0.0943. The second-order valence-corrected chi connectivity index (χ2v) is 11.7. The zero-order valence-corrected chi connectivity index (χ0v) is 21.3. The Labute approximate surface area is 216 Å². The Kier molecular flexibility index (Phi) is 6.24. The molecule has 1 aromatic heterocycles. The maximum Gasteiger partial charge on any atom is 0.272 e. The van der Waals surface area contributed by atoms with E-state index in [1.54, 1.807) is 42.5 Å². The molecular formula is C27H19BrN2O5S. The summed E-state index contributed by atoms with van der Waals surface area (Å²) in [5.41, 5.74) is 1.44. The number of imide groups is 1. The maximum atomic E-state index is 13.8. The van der Waals surface area contributed by atoms with Gasteiger partial charge in [0.2, 0.25) is 0 Å². The van der Waals surface area contributed by atoms with Crippen molar-refractivity contribution in [1.29, 1.82) is 5.26 Å². The van der Waals surface area contributed by atoms with Gasteiger partial charge in [-0.15, -0.1) is 0 Å². The zero-order valence-electron chi connectivity index (χ0n) is 18.8. The molecule has 2 amide bonds. The van der Waals surface area contributed by atoms with E-state index in [1.807, 2.05) is 30.3 Å². The Morgan fingerprint density at radius 1 is 1.00 bits per heavy atom. The summed E-state index contributed by atoms with van der Waals surface area (Å²) in [5, 5.41) is 9.97. The third-order valence-corrected chi connectivity index (χ3v) is 8.42. The number of nitriles is 1. The smallest absolute Gasteiger partial charge is 0.272 e. The first kappa shape index (κ1) is 24.0. The summed E-state index contributed by atoms with van der Waals surface area (Å²) in [6.45, 7) is 0. The lowest BCUT2D eigenvalue weighted by atomic mass is 9.87. The van der Waals surface area contributed by atoms with Crippen LogP contribution in [-0.2, 0) is 19.4 Å². The minimum atomic E-state index is -3.38. The predicted octanol–water partition coefficient (Wildman–Crippen LogP) is 4.63. The quantitative estimate of drug-likeness (QED) is 0.339. The summed E-state index contributed by atoms with van der Waals surface area (Å²) in [5.74, 6) is -0.932. The highest BCUT2D eigenvalue weighted by atomic mass is 79.9. The molecule has 2 aliphatic rings. The topological polar surface area (TPSA) is 108 Å². The molecule has 7 nitrogen and oxygen atoms in total. The number of amides is 2. The highest BCUT2D eigenvalue weighted by Crippen LogP contribution is 2.37. The third kappa shape index (κ3) is 4.45. The summed E-state index contributed by atoms with van der Waals surface area (Å²) in [7, 11) is -3.38. The molecule has 5 rings (SSSR count). The third-order valence-electron chi connectivity index (χ3n) is 6.17. The molecule has 0 aliphatic carbocycles. The molecule has 0 radical (unpaired) electrons. The van der Waals surface area contributed by atoms with Crippen molar-refractivity contribution in [2.24, 2.45) is 0 Å². The Balaban J connectivity index is 1.65. The molecule has 2 aliphatic heterocycles. The number of sulfone groups is 1. The lowest BCUT2D eigenvalue weighted by molar-refractivity contribution is -0.142. The summed E-state index contributed by atoms with van der Waals surface area (Å²) < 4.78 is 31.1. The molecule has 1 unspecified atom stereocenters. The van der Waals surface area contributed by atoms with E-state index in [1.165, 1.54) is 6.08 Å². The number of rotatable bonds is 4. The van der Waals surface area contributed by atoms with Crippen molar-refractivity contribution >= 4 is 49.2 Å². The molecule has 0 bridgehead atoms. The summed E-state index contributed by atoms with van der Waals surface area (Å²) >= 11 is 3.44. The molecule has 0 spiro atoms. The number of nitrogens with zero attached hydrogens (tertiary/aromatic N) is 2. The highest BCUT2D eigenvalue weighted by molar-refractivity contribution is 9.10. The van der Waals surface area contributed by atoms with Crippen molar-refractivity contribution in [3.8, 4) is 17.4 Å². The van der Waals surface area contributed by atoms with Gasteiger partial charge in [0, 0.05) is 15.6 Å². The molecule has 1 atom stereocenters. The van der Waals surface area contributed by atoms with Gasteiger partial charge in [-0.05, 0) is 42.3 Å². The van der Waals surface area contributed by atoms with E-state index in [0.717, 1.165) is 14.9 Å². The van der Waals surface area contributed by atoms with E-state index >= 15 is 0 Å². The van der Waals surface area contributed by atoms with Crippen LogP contribution < -0.4 is 0 Å². The second kappa shape index (κ2) is 9.37. The molecule has 9 heteroatoms. The van der Waals surface area contributed by atoms with Gasteiger partial charge in [0.05, 0.1) is 23.1 Å². The number of halogens is 1. The lowest BCUT2D eigenvalue weighted by Gasteiger charge is -2.32. The summed E-state index contributed by atoms with van der Waals surface area (Å²) in [4.78, 5) is 28.0. The number of hydrogen-bond donors (Lipinski definition) is 0. The average Bonchev–Trinajstić information content (AvgIpc) is 3.47. The molecule has 0 saturated carbocycles. The van der Waals surface area contributed by atoms with Crippen molar-refractivity contribution in [2.75, 3.05) is 11.5 Å². The molecule has 36 heavy (non-hydrogen) atoms. The van der Waals surface area contributed by atoms with Gasteiger partial charge in [-0.25, -0.2) is 8.42 Å². The van der Waals surface area contributed by atoms with Crippen LogP contribution in [0.15, 0.2) is 86.8 Å². The molecule has 1 saturated heterocycles. The first-order valence-electron chi connectivity index (χ1n) is 11.1. The van der Waals surface area contributed by atoms with Crippen molar-refractivity contribution in [2.45, 2.75) is 12.5 Å². The van der Waals surface area contributed by atoms with Crippen LogP contribution in [0.4, 0.5) is 0 Å². The first-order chi connectivity index (χ1) is 17.3. The normalized spacial score (nSPS) is 20.7. The molecule has 180 valence electrons. The molecular weight excluding hydrogens is 544 g/mol. The largest absolute Gasteiger partial charge is 0.457 e. The van der Waals surface area contributed by atoms with Gasteiger partial charge >= 0.3 is 0 Å². The van der Waals surface area contributed by atoms with Crippen LogP contribution in [0.5, 0.6) is 0 Å². The van der Waals surface area contributed by atoms with E-state index < -0.39 is 27.7 Å². The van der Waals surface area contributed by atoms with Crippen LogP contribution >= 0.6 is 15.9 Å². The van der Waals surface area contributed by atoms with E-state index in [2.05, 4.69) is 15.9 Å². The van der Waals surface area contributed by atoms with Crippen molar-refractivity contribution in [3.63, 3.8) is 0 Å². The van der Waals surface area contributed by atoms with Crippen LogP contribution in [0.2, 0.25) is 0 Å². The SMILES string of the molecule is N#CC1=C(c2ccccc2)/C(=C/c2ccc(-c3cccc(Br)c3)o2)C(=O)N(C2CCS(=O)(=O)C2)C1=O. The number of hydrogen-bond acceptors (Lipinski definition) is 6. The van der Waals surface area contributed by atoms with E-state index in [-0.39, 0.29) is 34.6 Å². The second-order valence-electron chi connectivity index (χ2n) is 8.54. The fourth-order valence-corrected chi connectivity index (χ4v) is 6.61. The van der Waals surface area contributed by atoms with Crippen LogP contribution in [0.3, 0.4) is 0 Å². The van der Waals surface area contributed by atoms with Gasteiger partial charge in [-0.2, -0.15) is 5.26 Å². The fourth-order valence-electron chi connectivity index (χ4n) is 4.51. The van der Waals surface area contributed by atoms with Crippen LogP contribution in [0.25, 0.3) is 23.0 Å². The van der Waals surface area contributed by atoms with Crippen LogP contribution in [0, 0.1) is 11.3 Å². The van der Waals surface area contributed by atoms with Gasteiger partial charge in [-0.1, -0.05) is 58.4 Å². The molecule has 3 heterocycles. The van der Waals surface area contributed by atoms with Crippen LogP contribution in [0.1, 0.15) is 17.7 Å². The Morgan fingerprint density at radius 3 is 2.42 bits per heavy atom. The van der Waals surface area contributed by atoms with E-state index in [0.29, 0.717) is 17.1 Å². The monoisotopic (exact) mass is 562 g/mol. The van der Waals surface area contributed by atoms with Gasteiger partial charge in [0.25, 0.3) is 11.8 Å². The minimum Gasteiger partial charge on any atom is -0.457 e. The standard InChI is InChI=1S/C27H19BrN2O5S/c28-19-8-4-7-18(13-19)24-10-9-21(35-24)14-22-25(17-5-2-1-3-6-17)23(15-29)27(32)30(26(22)31)20-11-12-36(33,34)16-20/h1-10,13-14,20H,11-12,16H2/b22-14-. The molecule has 0 N–H and O–H groups in total. The predicted molar refractivity (Wildman–Crippen MR) is 138 cm³/mol. The number of carbonyl (C=O) groups excluding carboxylic acids is 2. The van der Waals surface area contributed by atoms with Gasteiger partial charge in [0.1, 0.15) is 23.2 Å². The van der Waals surface area contributed by atoms with Gasteiger partial charge in [-0.3, -0.25) is 14.5 Å². The van der Waals surface area contributed by atoms with Crippen molar-refractivity contribution < 1.29 is 22.4 Å². The average molecular weight is 563 g/mol. The Morgan fingerprint density at radius 2 is 1.75 bits per heavy atom. The van der Waals surface area contributed by atoms with E-state index in [4.69, 9.17) is 4.42 Å². The first-order valence-corrected chi connectivity index (χ1v) is 13.7. The highest BCUT2D eigenvalue weighted by Gasteiger charge is 2.45.